The highest BCUT2D eigenvalue weighted by Crippen LogP contribution is 2.25. The fraction of sp³-hybridized carbons (Fsp3) is 0.0526. The Bertz CT molecular complexity index is 821. The molecule has 1 heterocycles. The number of carboxylic acid groups (broad SMARTS) is 1. The monoisotopic (exact) mass is 304 g/mol. The van der Waals surface area contributed by atoms with Gasteiger partial charge in [0.25, 0.3) is 0 Å². The quantitative estimate of drug-likeness (QED) is 0.731. The summed E-state index contributed by atoms with van der Waals surface area (Å²) >= 11 is 0. The van der Waals surface area contributed by atoms with Crippen molar-refractivity contribution < 1.29 is 9.90 Å². The lowest BCUT2D eigenvalue weighted by Crippen LogP contribution is -2.04. The number of hydrogen-bond acceptors (Lipinski definition) is 2. The molecule has 3 aromatic rings. The Morgan fingerprint density at radius 1 is 1.04 bits per heavy atom. The molecule has 1 aromatic heterocycles. The summed E-state index contributed by atoms with van der Waals surface area (Å²) in [5.74, 6) is -0.972. The standard InChI is InChI=1S/C19H16N2O2/c22-18(23)12-11-17-13-20-21(14-15-7-3-1-4-8-15)19(17)16-9-5-2-6-10-16/h1-13H,14H2,(H,22,23)/b12-11+. The third-order valence-corrected chi connectivity index (χ3v) is 3.50. The number of carbonyl (C=O) groups is 1. The number of benzene rings is 2. The molecule has 3 rings (SSSR count). The van der Waals surface area contributed by atoms with Gasteiger partial charge in [-0.05, 0) is 11.6 Å². The van der Waals surface area contributed by atoms with Crippen LogP contribution in [-0.2, 0) is 11.3 Å². The van der Waals surface area contributed by atoms with Crippen LogP contribution in [0.5, 0.6) is 0 Å². The van der Waals surface area contributed by atoms with Gasteiger partial charge in [0.15, 0.2) is 0 Å². The number of nitrogens with zero attached hydrogens (tertiary/aromatic N) is 2. The van der Waals surface area contributed by atoms with Gasteiger partial charge in [-0.25, -0.2) is 4.79 Å². The van der Waals surface area contributed by atoms with Crippen molar-refractivity contribution in [2.45, 2.75) is 6.54 Å². The fourth-order valence-corrected chi connectivity index (χ4v) is 2.47. The lowest BCUT2D eigenvalue weighted by molar-refractivity contribution is -0.131. The number of carboxylic acids is 1. The second-order valence-corrected chi connectivity index (χ2v) is 5.13. The molecule has 2 aromatic carbocycles. The first-order chi connectivity index (χ1) is 11.2. The van der Waals surface area contributed by atoms with Crippen LogP contribution in [0.15, 0.2) is 72.9 Å². The molecule has 0 aliphatic heterocycles. The topological polar surface area (TPSA) is 55.1 Å². The van der Waals surface area contributed by atoms with Gasteiger partial charge in [0.05, 0.1) is 18.4 Å². The van der Waals surface area contributed by atoms with Crippen molar-refractivity contribution in [1.82, 2.24) is 9.78 Å². The zero-order valence-corrected chi connectivity index (χ0v) is 12.5. The SMILES string of the molecule is O=C(O)/C=C/c1cnn(Cc2ccccc2)c1-c1ccccc1. The van der Waals surface area contributed by atoms with Gasteiger partial charge in [0, 0.05) is 17.2 Å². The normalized spacial score (nSPS) is 11.0. The van der Waals surface area contributed by atoms with Gasteiger partial charge >= 0.3 is 5.97 Å². The van der Waals surface area contributed by atoms with Gasteiger partial charge in [0.2, 0.25) is 0 Å². The molecule has 0 spiro atoms. The Labute approximate surface area is 134 Å². The minimum atomic E-state index is -0.972. The molecule has 0 radical (unpaired) electrons. The number of rotatable bonds is 5. The molecule has 0 unspecified atom stereocenters. The molecule has 0 aliphatic carbocycles. The van der Waals surface area contributed by atoms with Crippen LogP contribution in [0.25, 0.3) is 17.3 Å². The summed E-state index contributed by atoms with van der Waals surface area (Å²) in [4.78, 5) is 10.8. The van der Waals surface area contributed by atoms with E-state index in [0.717, 1.165) is 28.5 Å². The highest BCUT2D eigenvalue weighted by molar-refractivity contribution is 5.87. The summed E-state index contributed by atoms with van der Waals surface area (Å²) in [5.41, 5.74) is 3.84. The lowest BCUT2D eigenvalue weighted by Gasteiger charge is -2.09. The molecular weight excluding hydrogens is 288 g/mol. The average Bonchev–Trinajstić information content (AvgIpc) is 2.97. The average molecular weight is 304 g/mol. The van der Waals surface area contributed by atoms with Crippen LogP contribution in [0, 0.1) is 0 Å². The summed E-state index contributed by atoms with van der Waals surface area (Å²) in [7, 11) is 0. The second-order valence-electron chi connectivity index (χ2n) is 5.13. The van der Waals surface area contributed by atoms with E-state index in [1.54, 1.807) is 12.3 Å². The van der Waals surface area contributed by atoms with Gasteiger partial charge in [-0.3, -0.25) is 4.68 Å². The Morgan fingerprint density at radius 2 is 1.70 bits per heavy atom. The molecule has 1 N–H and O–H groups in total. The lowest BCUT2D eigenvalue weighted by atomic mass is 10.1. The number of hydrogen-bond donors (Lipinski definition) is 1. The van der Waals surface area contributed by atoms with Gasteiger partial charge in [-0.2, -0.15) is 5.10 Å². The molecule has 0 bridgehead atoms. The van der Waals surface area contributed by atoms with Crippen molar-refractivity contribution in [3.05, 3.63) is 84.1 Å². The van der Waals surface area contributed by atoms with Crippen LogP contribution in [0.2, 0.25) is 0 Å². The van der Waals surface area contributed by atoms with Crippen LogP contribution >= 0.6 is 0 Å². The highest BCUT2D eigenvalue weighted by atomic mass is 16.4. The summed E-state index contributed by atoms with van der Waals surface area (Å²) in [6, 6.07) is 19.9. The van der Waals surface area contributed by atoms with Gasteiger partial charge in [0.1, 0.15) is 0 Å². The first kappa shape index (κ1) is 14.8. The van der Waals surface area contributed by atoms with E-state index in [2.05, 4.69) is 5.10 Å². The third kappa shape index (κ3) is 3.55. The minimum absolute atomic E-state index is 0.631. The first-order valence-electron chi connectivity index (χ1n) is 7.30. The van der Waals surface area contributed by atoms with Gasteiger partial charge in [-0.15, -0.1) is 0 Å². The van der Waals surface area contributed by atoms with Crippen molar-refractivity contribution in [2.24, 2.45) is 0 Å². The van der Waals surface area contributed by atoms with Crippen molar-refractivity contribution in [3.8, 4) is 11.3 Å². The molecule has 4 nitrogen and oxygen atoms in total. The van der Waals surface area contributed by atoms with E-state index in [1.165, 1.54) is 0 Å². The van der Waals surface area contributed by atoms with Crippen molar-refractivity contribution in [3.63, 3.8) is 0 Å². The van der Waals surface area contributed by atoms with E-state index in [1.807, 2.05) is 65.3 Å². The van der Waals surface area contributed by atoms with Crippen LogP contribution in [0.4, 0.5) is 0 Å². The van der Waals surface area contributed by atoms with Crippen molar-refractivity contribution in [2.75, 3.05) is 0 Å². The van der Waals surface area contributed by atoms with Crippen LogP contribution < -0.4 is 0 Å². The Balaban J connectivity index is 2.04. The molecular formula is C19H16N2O2. The molecule has 0 amide bonds. The second kappa shape index (κ2) is 6.75. The number of aliphatic carboxylic acids is 1. The fourth-order valence-electron chi connectivity index (χ4n) is 2.47. The Morgan fingerprint density at radius 3 is 2.35 bits per heavy atom. The molecule has 0 saturated carbocycles. The van der Waals surface area contributed by atoms with Crippen molar-refractivity contribution in [1.29, 1.82) is 0 Å². The highest BCUT2D eigenvalue weighted by Gasteiger charge is 2.11. The maximum atomic E-state index is 10.8. The Hall–Kier alpha value is -3.14. The zero-order chi connectivity index (χ0) is 16.1. The summed E-state index contributed by atoms with van der Waals surface area (Å²) in [6.07, 6.45) is 4.42. The van der Waals surface area contributed by atoms with Crippen LogP contribution in [0.3, 0.4) is 0 Å². The minimum Gasteiger partial charge on any atom is -0.478 e. The summed E-state index contributed by atoms with van der Waals surface area (Å²) in [6.45, 7) is 0.631. The largest absolute Gasteiger partial charge is 0.478 e. The maximum Gasteiger partial charge on any atom is 0.328 e. The van der Waals surface area contributed by atoms with Crippen molar-refractivity contribution >= 4 is 12.0 Å². The molecule has 0 aliphatic rings. The predicted octanol–water partition coefficient (Wildman–Crippen LogP) is 3.70. The zero-order valence-electron chi connectivity index (χ0n) is 12.5. The summed E-state index contributed by atoms with van der Waals surface area (Å²) < 4.78 is 1.90. The smallest absolute Gasteiger partial charge is 0.328 e. The molecule has 4 heteroatoms. The van der Waals surface area contributed by atoms with Gasteiger partial charge in [-0.1, -0.05) is 60.7 Å². The maximum absolute atomic E-state index is 10.8. The van der Waals surface area contributed by atoms with E-state index in [-0.39, 0.29) is 0 Å². The third-order valence-electron chi connectivity index (χ3n) is 3.50. The molecule has 0 saturated heterocycles. The van der Waals surface area contributed by atoms with Crippen LogP contribution in [0.1, 0.15) is 11.1 Å². The molecule has 114 valence electrons. The van der Waals surface area contributed by atoms with Crippen LogP contribution in [-0.4, -0.2) is 20.9 Å². The predicted molar refractivity (Wildman–Crippen MR) is 89.9 cm³/mol. The van der Waals surface area contributed by atoms with Gasteiger partial charge < -0.3 is 5.11 Å². The molecule has 23 heavy (non-hydrogen) atoms. The van der Waals surface area contributed by atoms with E-state index >= 15 is 0 Å². The Kier molecular flexibility index (Phi) is 4.34. The van der Waals surface area contributed by atoms with E-state index < -0.39 is 5.97 Å². The van der Waals surface area contributed by atoms with E-state index in [4.69, 9.17) is 5.11 Å². The van der Waals surface area contributed by atoms with E-state index in [9.17, 15) is 4.79 Å². The number of aromatic nitrogens is 2. The molecule has 0 fully saturated rings. The van der Waals surface area contributed by atoms with E-state index in [0.29, 0.717) is 6.54 Å². The molecule has 0 atom stereocenters. The summed E-state index contributed by atoms with van der Waals surface area (Å²) in [5, 5.41) is 13.3. The first-order valence-corrected chi connectivity index (χ1v) is 7.30.